The molecule has 0 atom stereocenters. The fourth-order valence-corrected chi connectivity index (χ4v) is 10.4. The highest BCUT2D eigenvalue weighted by molar-refractivity contribution is 5.84. The van der Waals surface area contributed by atoms with Crippen LogP contribution in [0.5, 0.6) is 0 Å². The van der Waals surface area contributed by atoms with E-state index in [1.54, 1.807) is 0 Å². The monoisotopic (exact) mass is 782 g/mol. The first kappa shape index (κ1) is 38.2. The van der Waals surface area contributed by atoms with E-state index in [4.69, 9.17) is 0 Å². The maximum Gasteiger partial charge on any atom is 0.0701 e. The van der Waals surface area contributed by atoms with Gasteiger partial charge >= 0.3 is 0 Å². The van der Waals surface area contributed by atoms with Gasteiger partial charge in [0.05, 0.1) is 10.8 Å². The number of fused-ring (bicyclic) bond motifs is 3. The summed E-state index contributed by atoms with van der Waals surface area (Å²) in [6, 6.07) is 90.7. The Labute approximate surface area is 361 Å². The summed E-state index contributed by atoms with van der Waals surface area (Å²) in [6.45, 7) is 6.88. The molecule has 0 saturated carbocycles. The highest BCUT2D eigenvalue weighted by Gasteiger charge is 2.42. The zero-order valence-corrected chi connectivity index (χ0v) is 35.2. The van der Waals surface area contributed by atoms with Crippen LogP contribution in [0, 0.1) is 0 Å². The summed E-state index contributed by atoms with van der Waals surface area (Å²) >= 11 is 0. The molecule has 0 aromatic heterocycles. The summed E-state index contributed by atoms with van der Waals surface area (Å²) in [7, 11) is 0. The second-order valence-corrected chi connectivity index (χ2v) is 17.6. The SMILES string of the molecule is CC(C)(C)c1ccc(C2c3ccc(C(c4ccccc4)(c4ccccc4)c4ccccc4)cc3-c3cc(C(c4ccccc4)(c4ccccc4)c4ccccc4)ccc32)cc1. The number of hydrogen-bond donors (Lipinski definition) is 0. The van der Waals surface area contributed by atoms with Gasteiger partial charge < -0.3 is 0 Å². The molecule has 0 heterocycles. The molecule has 0 radical (unpaired) electrons. The number of hydrogen-bond acceptors (Lipinski definition) is 0. The van der Waals surface area contributed by atoms with Gasteiger partial charge in [-0.05, 0) is 95.4 Å². The third-order valence-electron chi connectivity index (χ3n) is 13.2. The number of benzene rings is 9. The van der Waals surface area contributed by atoms with E-state index >= 15 is 0 Å². The first-order valence-electron chi connectivity index (χ1n) is 21.6. The van der Waals surface area contributed by atoms with E-state index in [0.717, 1.165) is 0 Å². The zero-order chi connectivity index (χ0) is 41.4. The Morgan fingerprint density at radius 3 is 0.787 bits per heavy atom. The maximum absolute atomic E-state index is 2.53. The molecular weight excluding hydrogens is 733 g/mol. The third kappa shape index (κ3) is 6.37. The molecule has 61 heavy (non-hydrogen) atoms. The maximum atomic E-state index is 2.53. The van der Waals surface area contributed by atoms with Crippen molar-refractivity contribution in [1.29, 1.82) is 0 Å². The molecule has 0 heteroatoms. The van der Waals surface area contributed by atoms with E-state index in [-0.39, 0.29) is 11.3 Å². The summed E-state index contributed by atoms with van der Waals surface area (Å²) in [4.78, 5) is 0. The van der Waals surface area contributed by atoms with Crippen LogP contribution in [0.4, 0.5) is 0 Å². The molecule has 1 aliphatic carbocycles. The average Bonchev–Trinajstić information content (AvgIpc) is 3.65. The van der Waals surface area contributed by atoms with Gasteiger partial charge in [-0.15, -0.1) is 0 Å². The highest BCUT2D eigenvalue weighted by atomic mass is 14.4. The van der Waals surface area contributed by atoms with Gasteiger partial charge in [-0.2, -0.15) is 0 Å². The fourth-order valence-electron chi connectivity index (χ4n) is 10.4. The molecule has 10 rings (SSSR count). The minimum Gasteiger partial charge on any atom is -0.0622 e. The molecule has 9 aromatic carbocycles. The quantitative estimate of drug-likeness (QED) is 0.128. The van der Waals surface area contributed by atoms with Crippen molar-refractivity contribution < 1.29 is 0 Å². The Kier molecular flexibility index (Phi) is 9.73. The Morgan fingerprint density at radius 1 is 0.262 bits per heavy atom. The van der Waals surface area contributed by atoms with Crippen LogP contribution in [0.3, 0.4) is 0 Å². The van der Waals surface area contributed by atoms with Gasteiger partial charge in [0.1, 0.15) is 0 Å². The van der Waals surface area contributed by atoms with Crippen molar-refractivity contribution >= 4 is 0 Å². The van der Waals surface area contributed by atoms with Gasteiger partial charge in [-0.3, -0.25) is 0 Å². The lowest BCUT2D eigenvalue weighted by Gasteiger charge is -2.37. The van der Waals surface area contributed by atoms with Crippen LogP contribution in [0.25, 0.3) is 11.1 Å². The van der Waals surface area contributed by atoms with Crippen molar-refractivity contribution in [2.24, 2.45) is 0 Å². The first-order valence-corrected chi connectivity index (χ1v) is 21.6. The van der Waals surface area contributed by atoms with Crippen LogP contribution in [-0.4, -0.2) is 0 Å². The summed E-state index contributed by atoms with van der Waals surface area (Å²) in [5.74, 6) is 0.0845. The summed E-state index contributed by atoms with van der Waals surface area (Å²) in [5.41, 5.74) is 16.8. The summed E-state index contributed by atoms with van der Waals surface area (Å²) in [5, 5.41) is 0. The predicted octanol–water partition coefficient (Wildman–Crippen LogP) is 14.9. The van der Waals surface area contributed by atoms with Crippen molar-refractivity contribution in [2.75, 3.05) is 0 Å². The molecule has 9 aromatic rings. The van der Waals surface area contributed by atoms with E-state index in [9.17, 15) is 0 Å². The molecule has 0 aliphatic heterocycles. The van der Waals surface area contributed by atoms with E-state index in [2.05, 4.69) is 263 Å². The van der Waals surface area contributed by atoms with Crippen LogP contribution in [0.15, 0.2) is 243 Å². The minimum absolute atomic E-state index is 0.0686. The van der Waals surface area contributed by atoms with Crippen molar-refractivity contribution in [3.63, 3.8) is 0 Å². The molecule has 0 bridgehead atoms. The lowest BCUT2D eigenvalue weighted by atomic mass is 9.64. The van der Waals surface area contributed by atoms with Crippen LogP contribution in [-0.2, 0) is 16.2 Å². The second-order valence-electron chi connectivity index (χ2n) is 17.6. The van der Waals surface area contributed by atoms with Gasteiger partial charge in [-0.1, -0.05) is 251 Å². The Bertz CT molecular complexity index is 2520. The second kappa shape index (κ2) is 15.5. The zero-order valence-electron chi connectivity index (χ0n) is 35.2. The lowest BCUT2D eigenvalue weighted by molar-refractivity contribution is 0.590. The molecular formula is C61H50. The van der Waals surface area contributed by atoms with Gasteiger partial charge in [0.15, 0.2) is 0 Å². The van der Waals surface area contributed by atoms with Crippen LogP contribution >= 0.6 is 0 Å². The largest absolute Gasteiger partial charge is 0.0701 e. The van der Waals surface area contributed by atoms with Crippen molar-refractivity contribution in [3.05, 3.63) is 309 Å². The number of rotatable bonds is 9. The van der Waals surface area contributed by atoms with Gasteiger partial charge in [0.2, 0.25) is 0 Å². The molecule has 0 unspecified atom stereocenters. The predicted molar refractivity (Wildman–Crippen MR) is 255 cm³/mol. The molecule has 0 fully saturated rings. The topological polar surface area (TPSA) is 0 Å². The molecule has 0 nitrogen and oxygen atoms in total. The van der Waals surface area contributed by atoms with E-state index in [1.807, 2.05) is 0 Å². The van der Waals surface area contributed by atoms with Crippen molar-refractivity contribution in [2.45, 2.75) is 42.9 Å². The molecule has 0 saturated heterocycles. The van der Waals surface area contributed by atoms with Gasteiger partial charge in [0.25, 0.3) is 0 Å². The summed E-state index contributed by atoms with van der Waals surface area (Å²) in [6.07, 6.45) is 0. The molecule has 294 valence electrons. The summed E-state index contributed by atoms with van der Waals surface area (Å²) < 4.78 is 0. The van der Waals surface area contributed by atoms with E-state index in [0.29, 0.717) is 0 Å². The lowest BCUT2D eigenvalue weighted by Crippen LogP contribution is -2.31. The smallest absolute Gasteiger partial charge is 0.0622 e. The van der Waals surface area contributed by atoms with Crippen molar-refractivity contribution in [3.8, 4) is 11.1 Å². The van der Waals surface area contributed by atoms with Crippen LogP contribution in [0.2, 0.25) is 0 Å². The standard InChI is InChI=1S/C61H50/c1-59(2,3)45-36-34-44(35-37-45)58-54-40-38-52(60(46-22-10-4-11-23-46,47-24-12-5-13-25-47)48-26-14-6-15-27-48)42-56(54)57-43-53(39-41-55(57)58)61(49-28-16-7-17-29-49,50-30-18-8-19-31-50)51-32-20-9-21-33-51/h4-43,58H,1-3H3. The van der Waals surface area contributed by atoms with E-state index in [1.165, 1.54) is 77.9 Å². The van der Waals surface area contributed by atoms with Crippen molar-refractivity contribution in [1.82, 2.24) is 0 Å². The average molecular weight is 783 g/mol. The molecule has 0 spiro atoms. The minimum atomic E-state index is -0.565. The Hall–Kier alpha value is -7.02. The Morgan fingerprint density at radius 2 is 0.525 bits per heavy atom. The normalized spacial score (nSPS) is 12.8. The van der Waals surface area contributed by atoms with Crippen LogP contribution in [0.1, 0.15) is 93.5 Å². The molecule has 0 N–H and O–H groups in total. The van der Waals surface area contributed by atoms with Crippen LogP contribution < -0.4 is 0 Å². The van der Waals surface area contributed by atoms with Gasteiger partial charge in [0, 0.05) is 5.92 Å². The Balaban J connectivity index is 1.28. The molecule has 0 amide bonds. The van der Waals surface area contributed by atoms with E-state index < -0.39 is 10.8 Å². The van der Waals surface area contributed by atoms with Gasteiger partial charge in [-0.25, -0.2) is 0 Å². The third-order valence-corrected chi connectivity index (χ3v) is 13.2. The highest BCUT2D eigenvalue weighted by Crippen LogP contribution is 2.54. The first-order chi connectivity index (χ1) is 29.9. The molecule has 1 aliphatic rings. The fraction of sp³-hybridized carbons (Fsp3) is 0.115.